The second-order valence-electron chi connectivity index (χ2n) is 7.73. The van der Waals surface area contributed by atoms with Crippen LogP contribution in [0.5, 0.6) is 0 Å². The third kappa shape index (κ3) is 7.77. The third-order valence-corrected chi connectivity index (χ3v) is 5.33. The Morgan fingerprint density at radius 2 is 0.923 bits per heavy atom. The molecule has 2 aromatic rings. The molecule has 26 heavy (non-hydrogen) atoms. The van der Waals surface area contributed by atoms with Gasteiger partial charge in [-0.1, -0.05) is 114 Å². The van der Waals surface area contributed by atoms with Crippen LogP contribution in [0.25, 0.3) is 11.1 Å². The van der Waals surface area contributed by atoms with Crippen molar-refractivity contribution in [3.63, 3.8) is 0 Å². The number of benzene rings is 2. The summed E-state index contributed by atoms with van der Waals surface area (Å²) >= 11 is 0. The highest BCUT2D eigenvalue weighted by Crippen LogP contribution is 2.23. The standard InChI is InChI=1S/C26H38/c1-3-5-7-9-11-15-23-17-13-19-25(21-23)26-20-14-18-24(22-26)16-12-10-8-6-4-2/h13-14,17-22H,3-12,15-16H2,1-2H3. The molecule has 0 aliphatic carbocycles. The highest BCUT2D eigenvalue weighted by Gasteiger charge is 2.02. The molecular weight excluding hydrogens is 312 g/mol. The van der Waals surface area contributed by atoms with Crippen molar-refractivity contribution in [2.45, 2.75) is 90.9 Å². The van der Waals surface area contributed by atoms with Crippen molar-refractivity contribution in [1.29, 1.82) is 0 Å². The zero-order chi connectivity index (χ0) is 18.5. The summed E-state index contributed by atoms with van der Waals surface area (Å²) in [6.45, 7) is 4.56. The Balaban J connectivity index is 1.89. The summed E-state index contributed by atoms with van der Waals surface area (Å²) in [5.41, 5.74) is 5.74. The first-order valence-corrected chi connectivity index (χ1v) is 11.0. The van der Waals surface area contributed by atoms with Gasteiger partial charge >= 0.3 is 0 Å². The molecule has 0 unspecified atom stereocenters. The molecule has 142 valence electrons. The summed E-state index contributed by atoms with van der Waals surface area (Å²) in [6.07, 6.45) is 16.0. The molecule has 0 amide bonds. The van der Waals surface area contributed by atoms with Gasteiger partial charge in [0.2, 0.25) is 0 Å². The van der Waals surface area contributed by atoms with Crippen LogP contribution in [0.2, 0.25) is 0 Å². The molecule has 0 aliphatic heterocycles. The molecule has 0 fully saturated rings. The third-order valence-electron chi connectivity index (χ3n) is 5.33. The second-order valence-corrected chi connectivity index (χ2v) is 7.73. The van der Waals surface area contributed by atoms with Crippen LogP contribution in [0, 0.1) is 0 Å². The predicted octanol–water partition coefficient (Wildman–Crippen LogP) is 8.38. The highest BCUT2D eigenvalue weighted by atomic mass is 14.1. The molecule has 0 heterocycles. The number of hydrogen-bond acceptors (Lipinski definition) is 0. The molecule has 0 heteroatoms. The Kier molecular flexibility index (Phi) is 10.2. The lowest BCUT2D eigenvalue weighted by Crippen LogP contribution is -1.90. The van der Waals surface area contributed by atoms with Crippen LogP contribution in [-0.4, -0.2) is 0 Å². The average molecular weight is 351 g/mol. The fourth-order valence-electron chi connectivity index (χ4n) is 3.68. The summed E-state index contributed by atoms with van der Waals surface area (Å²) in [5.74, 6) is 0. The smallest absolute Gasteiger partial charge is 0.0181 e. The molecule has 0 saturated heterocycles. The number of unbranched alkanes of at least 4 members (excludes halogenated alkanes) is 8. The topological polar surface area (TPSA) is 0 Å². The van der Waals surface area contributed by atoms with Gasteiger partial charge in [0.15, 0.2) is 0 Å². The quantitative estimate of drug-likeness (QED) is 0.318. The average Bonchev–Trinajstić information content (AvgIpc) is 2.68. The minimum atomic E-state index is 1.22. The molecular formula is C26H38. The summed E-state index contributed by atoms with van der Waals surface area (Å²) in [6, 6.07) is 18.4. The van der Waals surface area contributed by atoms with Gasteiger partial charge < -0.3 is 0 Å². The van der Waals surface area contributed by atoms with E-state index in [4.69, 9.17) is 0 Å². The van der Waals surface area contributed by atoms with Crippen molar-refractivity contribution < 1.29 is 0 Å². The number of rotatable bonds is 13. The summed E-state index contributed by atoms with van der Waals surface area (Å²) in [4.78, 5) is 0. The maximum absolute atomic E-state index is 2.40. The van der Waals surface area contributed by atoms with E-state index >= 15 is 0 Å². The van der Waals surface area contributed by atoms with Crippen LogP contribution in [0.1, 0.15) is 89.2 Å². The van der Waals surface area contributed by atoms with Crippen molar-refractivity contribution in [2.24, 2.45) is 0 Å². The van der Waals surface area contributed by atoms with Crippen LogP contribution < -0.4 is 0 Å². The molecule has 0 radical (unpaired) electrons. The highest BCUT2D eigenvalue weighted by molar-refractivity contribution is 5.65. The normalized spacial score (nSPS) is 11.0. The molecule has 0 bridgehead atoms. The first-order chi connectivity index (χ1) is 12.8. The van der Waals surface area contributed by atoms with Gasteiger partial charge in [-0.25, -0.2) is 0 Å². The Hall–Kier alpha value is -1.56. The van der Waals surface area contributed by atoms with Gasteiger partial charge in [0, 0.05) is 0 Å². The van der Waals surface area contributed by atoms with Crippen LogP contribution in [0.3, 0.4) is 0 Å². The Morgan fingerprint density at radius 1 is 0.500 bits per heavy atom. The van der Waals surface area contributed by atoms with Crippen molar-refractivity contribution in [3.05, 3.63) is 59.7 Å². The minimum absolute atomic E-state index is 1.22. The predicted molar refractivity (Wildman–Crippen MR) is 117 cm³/mol. The first kappa shape index (κ1) is 20.7. The van der Waals surface area contributed by atoms with E-state index in [0.717, 1.165) is 0 Å². The van der Waals surface area contributed by atoms with E-state index in [2.05, 4.69) is 62.4 Å². The monoisotopic (exact) mass is 350 g/mol. The minimum Gasteiger partial charge on any atom is -0.0654 e. The Labute approximate surface area is 162 Å². The van der Waals surface area contributed by atoms with E-state index in [9.17, 15) is 0 Å². The van der Waals surface area contributed by atoms with E-state index in [1.54, 1.807) is 0 Å². The van der Waals surface area contributed by atoms with Crippen LogP contribution in [0.4, 0.5) is 0 Å². The van der Waals surface area contributed by atoms with Gasteiger partial charge in [0.1, 0.15) is 0 Å². The molecule has 0 nitrogen and oxygen atoms in total. The van der Waals surface area contributed by atoms with Crippen molar-refractivity contribution in [1.82, 2.24) is 0 Å². The molecule has 0 aliphatic rings. The Bertz CT molecular complexity index is 555. The van der Waals surface area contributed by atoms with E-state index in [1.165, 1.54) is 99.3 Å². The molecule has 0 saturated carbocycles. The van der Waals surface area contributed by atoms with E-state index in [-0.39, 0.29) is 0 Å². The molecule has 0 atom stereocenters. The van der Waals surface area contributed by atoms with Gasteiger partial charge in [0.05, 0.1) is 0 Å². The lowest BCUT2D eigenvalue weighted by atomic mass is 9.97. The second kappa shape index (κ2) is 12.7. The lowest BCUT2D eigenvalue weighted by Gasteiger charge is -2.08. The van der Waals surface area contributed by atoms with Gasteiger partial charge in [0.25, 0.3) is 0 Å². The maximum atomic E-state index is 2.40. The van der Waals surface area contributed by atoms with Gasteiger partial charge in [-0.15, -0.1) is 0 Å². The van der Waals surface area contributed by atoms with E-state index in [1.807, 2.05) is 0 Å². The molecule has 0 spiro atoms. The van der Waals surface area contributed by atoms with Crippen molar-refractivity contribution in [3.8, 4) is 11.1 Å². The summed E-state index contributed by atoms with van der Waals surface area (Å²) in [7, 11) is 0. The van der Waals surface area contributed by atoms with E-state index in [0.29, 0.717) is 0 Å². The molecule has 0 N–H and O–H groups in total. The molecule has 2 rings (SSSR count). The lowest BCUT2D eigenvalue weighted by molar-refractivity contribution is 0.632. The maximum Gasteiger partial charge on any atom is -0.0181 e. The van der Waals surface area contributed by atoms with Gasteiger partial charge in [-0.3, -0.25) is 0 Å². The van der Waals surface area contributed by atoms with E-state index < -0.39 is 0 Å². The van der Waals surface area contributed by atoms with Crippen molar-refractivity contribution in [2.75, 3.05) is 0 Å². The van der Waals surface area contributed by atoms with Crippen LogP contribution in [-0.2, 0) is 12.8 Å². The zero-order valence-corrected chi connectivity index (χ0v) is 17.1. The van der Waals surface area contributed by atoms with Crippen LogP contribution >= 0.6 is 0 Å². The fourth-order valence-corrected chi connectivity index (χ4v) is 3.68. The fraction of sp³-hybridized carbons (Fsp3) is 0.538. The first-order valence-electron chi connectivity index (χ1n) is 11.0. The molecule has 0 aromatic heterocycles. The molecule has 2 aromatic carbocycles. The van der Waals surface area contributed by atoms with Crippen LogP contribution in [0.15, 0.2) is 48.5 Å². The zero-order valence-electron chi connectivity index (χ0n) is 17.1. The SMILES string of the molecule is CCCCCCCc1cccc(-c2cccc(CCCCCCC)c2)c1. The largest absolute Gasteiger partial charge is 0.0654 e. The Morgan fingerprint density at radius 3 is 1.35 bits per heavy atom. The van der Waals surface area contributed by atoms with Crippen molar-refractivity contribution >= 4 is 0 Å². The van der Waals surface area contributed by atoms with Gasteiger partial charge in [-0.2, -0.15) is 0 Å². The number of aryl methyl sites for hydroxylation is 2. The summed E-state index contributed by atoms with van der Waals surface area (Å²) < 4.78 is 0. The van der Waals surface area contributed by atoms with Gasteiger partial charge in [-0.05, 0) is 47.9 Å². The summed E-state index contributed by atoms with van der Waals surface area (Å²) in [5, 5.41) is 0. The number of hydrogen-bond donors (Lipinski definition) is 0.